The lowest BCUT2D eigenvalue weighted by Crippen LogP contribution is -2.24. The summed E-state index contributed by atoms with van der Waals surface area (Å²) in [6.07, 6.45) is 3.21. The number of pyridine rings is 1. The molecule has 0 aliphatic rings. The summed E-state index contributed by atoms with van der Waals surface area (Å²) in [5.74, 6) is 0.510. The zero-order valence-corrected chi connectivity index (χ0v) is 11.7. The Balaban J connectivity index is 2.18. The van der Waals surface area contributed by atoms with E-state index in [9.17, 15) is 8.42 Å². The molecule has 0 saturated carbocycles. The second-order valence-corrected chi connectivity index (χ2v) is 5.82. The Morgan fingerprint density at radius 3 is 2.55 bits per heavy atom. The van der Waals surface area contributed by atoms with Crippen molar-refractivity contribution in [2.45, 2.75) is 11.4 Å². The van der Waals surface area contributed by atoms with Crippen LogP contribution in [0.2, 0.25) is 0 Å². The summed E-state index contributed by atoms with van der Waals surface area (Å²) in [6.45, 7) is 0.177. The van der Waals surface area contributed by atoms with E-state index in [1.54, 1.807) is 30.6 Å². The highest BCUT2D eigenvalue weighted by Crippen LogP contribution is 2.23. The number of rotatable bonds is 5. The van der Waals surface area contributed by atoms with Gasteiger partial charge in [-0.1, -0.05) is 0 Å². The Morgan fingerprint density at radius 2 is 1.95 bits per heavy atom. The van der Waals surface area contributed by atoms with Crippen LogP contribution in [0.15, 0.2) is 47.6 Å². The van der Waals surface area contributed by atoms with E-state index in [1.165, 1.54) is 19.2 Å². The Hall–Kier alpha value is -2.12. The highest BCUT2D eigenvalue weighted by Gasteiger charge is 2.17. The Kier molecular flexibility index (Phi) is 4.21. The number of benzene rings is 1. The molecule has 0 fully saturated rings. The first-order chi connectivity index (χ1) is 9.53. The number of aromatic nitrogens is 1. The van der Waals surface area contributed by atoms with Gasteiger partial charge >= 0.3 is 0 Å². The van der Waals surface area contributed by atoms with E-state index in [1.807, 2.05) is 0 Å². The van der Waals surface area contributed by atoms with E-state index < -0.39 is 10.0 Å². The van der Waals surface area contributed by atoms with Crippen LogP contribution in [0.25, 0.3) is 0 Å². The SMILES string of the molecule is COc1ccc(S(=O)(=O)NCc2ccncc2)c(N)c1. The minimum Gasteiger partial charge on any atom is -0.497 e. The number of hydrogen-bond acceptors (Lipinski definition) is 5. The fourth-order valence-electron chi connectivity index (χ4n) is 1.65. The maximum atomic E-state index is 12.2. The maximum Gasteiger partial charge on any atom is 0.242 e. The molecule has 0 aliphatic carbocycles. The van der Waals surface area contributed by atoms with Crippen molar-refractivity contribution in [2.75, 3.05) is 12.8 Å². The zero-order valence-electron chi connectivity index (χ0n) is 10.9. The summed E-state index contributed by atoms with van der Waals surface area (Å²) in [5, 5.41) is 0. The average molecular weight is 293 g/mol. The fourth-order valence-corrected chi connectivity index (χ4v) is 2.78. The standard InChI is InChI=1S/C13H15N3O3S/c1-19-11-2-3-13(12(14)8-11)20(17,18)16-9-10-4-6-15-7-5-10/h2-8,16H,9,14H2,1H3. The predicted octanol–water partition coefficient (Wildman–Crippen LogP) is 1.15. The number of sulfonamides is 1. The Morgan fingerprint density at radius 1 is 1.25 bits per heavy atom. The molecule has 1 aromatic heterocycles. The number of nitrogens with two attached hydrogens (primary N) is 1. The smallest absolute Gasteiger partial charge is 0.242 e. The van der Waals surface area contributed by atoms with Gasteiger partial charge in [-0.2, -0.15) is 0 Å². The van der Waals surface area contributed by atoms with Gasteiger partial charge in [0.05, 0.1) is 12.8 Å². The number of ether oxygens (including phenoxy) is 1. The van der Waals surface area contributed by atoms with Crippen LogP contribution in [0.5, 0.6) is 5.75 Å². The second kappa shape index (κ2) is 5.89. The van der Waals surface area contributed by atoms with Crippen LogP contribution in [0.4, 0.5) is 5.69 Å². The molecule has 0 radical (unpaired) electrons. The van der Waals surface area contributed by atoms with Crippen LogP contribution in [0.1, 0.15) is 5.56 Å². The normalized spacial score (nSPS) is 11.2. The van der Waals surface area contributed by atoms with E-state index in [4.69, 9.17) is 10.5 Å². The summed E-state index contributed by atoms with van der Waals surface area (Å²) in [7, 11) is -2.17. The lowest BCUT2D eigenvalue weighted by atomic mass is 10.3. The van der Waals surface area contributed by atoms with Crippen molar-refractivity contribution < 1.29 is 13.2 Å². The average Bonchev–Trinajstić information content (AvgIpc) is 2.46. The maximum absolute atomic E-state index is 12.2. The van der Waals surface area contributed by atoms with Gasteiger partial charge in [0, 0.05) is 25.0 Å². The molecule has 0 bridgehead atoms. The van der Waals surface area contributed by atoms with Gasteiger partial charge in [-0.05, 0) is 29.8 Å². The molecule has 0 atom stereocenters. The molecule has 106 valence electrons. The molecule has 0 saturated heterocycles. The van der Waals surface area contributed by atoms with Crippen LogP contribution >= 0.6 is 0 Å². The van der Waals surface area contributed by atoms with Crippen LogP contribution in [0, 0.1) is 0 Å². The van der Waals surface area contributed by atoms with Gasteiger partial charge in [0.15, 0.2) is 0 Å². The fraction of sp³-hybridized carbons (Fsp3) is 0.154. The largest absolute Gasteiger partial charge is 0.497 e. The molecule has 2 rings (SSSR count). The highest BCUT2D eigenvalue weighted by atomic mass is 32.2. The molecular formula is C13H15N3O3S. The van der Waals surface area contributed by atoms with Crippen LogP contribution in [-0.2, 0) is 16.6 Å². The van der Waals surface area contributed by atoms with Gasteiger partial charge in [-0.15, -0.1) is 0 Å². The molecule has 0 aliphatic heterocycles. The lowest BCUT2D eigenvalue weighted by molar-refractivity contribution is 0.414. The molecule has 2 aromatic rings. The van der Waals surface area contributed by atoms with Crippen molar-refractivity contribution in [1.82, 2.24) is 9.71 Å². The molecular weight excluding hydrogens is 278 g/mol. The third-order valence-electron chi connectivity index (χ3n) is 2.72. The third-order valence-corrected chi connectivity index (χ3v) is 4.20. The minimum absolute atomic E-state index is 0.0346. The molecule has 7 heteroatoms. The van der Waals surface area contributed by atoms with Crippen molar-refractivity contribution in [3.63, 3.8) is 0 Å². The topological polar surface area (TPSA) is 94.3 Å². The Labute approximate surface area is 117 Å². The van der Waals surface area contributed by atoms with Crippen LogP contribution < -0.4 is 15.2 Å². The second-order valence-electron chi connectivity index (χ2n) is 4.08. The molecule has 6 nitrogen and oxygen atoms in total. The van der Waals surface area contributed by atoms with Gasteiger partial charge in [0.2, 0.25) is 10.0 Å². The van der Waals surface area contributed by atoms with Crippen LogP contribution in [0.3, 0.4) is 0 Å². The molecule has 1 aromatic carbocycles. The minimum atomic E-state index is -3.67. The van der Waals surface area contributed by atoms with Crippen molar-refractivity contribution in [2.24, 2.45) is 0 Å². The van der Waals surface area contributed by atoms with E-state index in [2.05, 4.69) is 9.71 Å². The summed E-state index contributed by atoms with van der Waals surface area (Å²) in [6, 6.07) is 7.92. The predicted molar refractivity (Wildman–Crippen MR) is 75.7 cm³/mol. The van der Waals surface area contributed by atoms with Gasteiger partial charge in [0.25, 0.3) is 0 Å². The summed E-state index contributed by atoms with van der Waals surface area (Å²) in [5.41, 5.74) is 6.70. The van der Waals surface area contributed by atoms with Gasteiger partial charge < -0.3 is 10.5 Å². The number of nitrogen functional groups attached to an aromatic ring is 1. The van der Waals surface area contributed by atoms with Crippen molar-refractivity contribution in [1.29, 1.82) is 0 Å². The number of anilines is 1. The number of methoxy groups -OCH3 is 1. The van der Waals surface area contributed by atoms with E-state index in [0.29, 0.717) is 5.75 Å². The van der Waals surface area contributed by atoms with Gasteiger partial charge in [0.1, 0.15) is 10.6 Å². The van der Waals surface area contributed by atoms with E-state index in [-0.39, 0.29) is 17.1 Å². The first-order valence-electron chi connectivity index (χ1n) is 5.85. The first-order valence-corrected chi connectivity index (χ1v) is 7.33. The molecule has 3 N–H and O–H groups in total. The molecule has 0 amide bonds. The van der Waals surface area contributed by atoms with E-state index >= 15 is 0 Å². The third kappa shape index (κ3) is 3.25. The number of nitrogens with zero attached hydrogens (tertiary/aromatic N) is 1. The quantitative estimate of drug-likeness (QED) is 0.806. The highest BCUT2D eigenvalue weighted by molar-refractivity contribution is 7.89. The number of nitrogens with one attached hydrogen (secondary N) is 1. The Bertz CT molecular complexity index is 687. The summed E-state index contributed by atoms with van der Waals surface area (Å²) in [4.78, 5) is 3.90. The van der Waals surface area contributed by atoms with Gasteiger partial charge in [-0.3, -0.25) is 4.98 Å². The van der Waals surface area contributed by atoms with Crippen LogP contribution in [-0.4, -0.2) is 20.5 Å². The summed E-state index contributed by atoms with van der Waals surface area (Å²) >= 11 is 0. The zero-order chi connectivity index (χ0) is 14.6. The van der Waals surface area contributed by atoms with Crippen molar-refractivity contribution in [3.8, 4) is 5.75 Å². The molecule has 0 unspecified atom stereocenters. The van der Waals surface area contributed by atoms with Gasteiger partial charge in [-0.25, -0.2) is 13.1 Å². The summed E-state index contributed by atoms with van der Waals surface area (Å²) < 4.78 is 31.8. The van der Waals surface area contributed by atoms with Crippen molar-refractivity contribution in [3.05, 3.63) is 48.3 Å². The first kappa shape index (κ1) is 14.3. The monoisotopic (exact) mass is 293 g/mol. The van der Waals surface area contributed by atoms with E-state index in [0.717, 1.165) is 5.56 Å². The molecule has 1 heterocycles. The van der Waals surface area contributed by atoms with Crippen molar-refractivity contribution >= 4 is 15.7 Å². The lowest BCUT2D eigenvalue weighted by Gasteiger charge is -2.10. The molecule has 20 heavy (non-hydrogen) atoms. The number of hydrogen-bond donors (Lipinski definition) is 2. The molecule has 0 spiro atoms.